The van der Waals surface area contributed by atoms with Gasteiger partial charge in [-0.3, -0.25) is 5.01 Å². The molecule has 0 bridgehead atoms. The van der Waals surface area contributed by atoms with Crippen molar-refractivity contribution >= 4 is 33.6 Å². The van der Waals surface area contributed by atoms with Gasteiger partial charge in [-0.1, -0.05) is 30.3 Å². The summed E-state index contributed by atoms with van der Waals surface area (Å²) in [7, 11) is 0. The lowest BCUT2D eigenvalue weighted by molar-refractivity contribution is 0.0397. The molecule has 2 heterocycles. The van der Waals surface area contributed by atoms with Gasteiger partial charge >= 0.3 is 5.97 Å². The number of carbonyl (C=O) groups is 1. The second kappa shape index (κ2) is 7.68. The first-order valence-corrected chi connectivity index (χ1v) is 9.28. The van der Waals surface area contributed by atoms with Gasteiger partial charge in [-0.2, -0.15) is 5.10 Å². The number of nitrogens with zero attached hydrogens (tertiary/aromatic N) is 2. The van der Waals surface area contributed by atoms with Crippen LogP contribution in [0.25, 0.3) is 10.1 Å². The molecule has 0 aliphatic carbocycles. The van der Waals surface area contributed by atoms with Crippen molar-refractivity contribution in [3.05, 3.63) is 65.0 Å². The minimum atomic E-state index is -0.366. The lowest BCUT2D eigenvalue weighted by Gasteiger charge is -2.23. The molecule has 3 aromatic rings. The number of esters is 1. The van der Waals surface area contributed by atoms with Crippen molar-refractivity contribution in [3.63, 3.8) is 0 Å². The van der Waals surface area contributed by atoms with E-state index in [4.69, 9.17) is 9.47 Å². The van der Waals surface area contributed by atoms with E-state index in [0.717, 1.165) is 28.1 Å². The predicted molar refractivity (Wildman–Crippen MR) is 103 cm³/mol. The third-order valence-electron chi connectivity index (χ3n) is 4.11. The summed E-state index contributed by atoms with van der Waals surface area (Å²) in [4.78, 5) is 13.4. The topological polar surface area (TPSA) is 51.1 Å². The fourth-order valence-electron chi connectivity index (χ4n) is 2.76. The maximum atomic E-state index is 12.5. The number of morpholine rings is 1. The molecule has 2 aromatic carbocycles. The standard InChI is InChI=1S/C20H18N2O3S/c23-20(15-6-2-1-3-7-15)25-19-16-8-4-5-9-17(16)26-18(19)14-21-22-10-12-24-13-11-22/h1-9,14H,10-13H2/b21-14-. The third kappa shape index (κ3) is 3.61. The van der Waals surface area contributed by atoms with Gasteiger partial charge in [0.15, 0.2) is 5.75 Å². The Labute approximate surface area is 155 Å². The average molecular weight is 366 g/mol. The van der Waals surface area contributed by atoms with Crippen LogP contribution in [0.5, 0.6) is 5.75 Å². The Bertz CT molecular complexity index is 931. The van der Waals surface area contributed by atoms with Gasteiger partial charge in [-0.25, -0.2) is 4.79 Å². The molecule has 0 spiro atoms. The SMILES string of the molecule is O=C(Oc1c(/C=N\N2CCOCC2)sc2ccccc12)c1ccccc1. The minimum absolute atomic E-state index is 0.366. The molecule has 1 saturated heterocycles. The minimum Gasteiger partial charge on any atom is -0.421 e. The van der Waals surface area contributed by atoms with E-state index in [9.17, 15) is 4.79 Å². The van der Waals surface area contributed by atoms with Crippen molar-refractivity contribution < 1.29 is 14.3 Å². The lowest BCUT2D eigenvalue weighted by Crippen LogP contribution is -2.32. The molecule has 0 saturated carbocycles. The Balaban J connectivity index is 1.65. The Morgan fingerprint density at radius 1 is 1.08 bits per heavy atom. The summed E-state index contributed by atoms with van der Waals surface area (Å²) >= 11 is 1.57. The monoisotopic (exact) mass is 366 g/mol. The molecule has 132 valence electrons. The first-order valence-electron chi connectivity index (χ1n) is 8.47. The number of rotatable bonds is 4. The molecule has 1 fully saturated rings. The number of hydrogen-bond donors (Lipinski definition) is 0. The summed E-state index contributed by atoms with van der Waals surface area (Å²) in [6.45, 7) is 2.89. The number of ether oxygens (including phenoxy) is 2. The zero-order valence-corrected chi connectivity index (χ0v) is 14.9. The highest BCUT2D eigenvalue weighted by Crippen LogP contribution is 2.37. The molecule has 1 aromatic heterocycles. The quantitative estimate of drug-likeness (QED) is 0.521. The molecule has 0 amide bonds. The highest BCUT2D eigenvalue weighted by atomic mass is 32.1. The van der Waals surface area contributed by atoms with Gasteiger partial charge in [0, 0.05) is 10.1 Å². The number of hydrogen-bond acceptors (Lipinski definition) is 6. The van der Waals surface area contributed by atoms with E-state index < -0.39 is 0 Å². The summed E-state index contributed by atoms with van der Waals surface area (Å²) in [5, 5.41) is 7.43. The van der Waals surface area contributed by atoms with Crippen molar-refractivity contribution in [1.82, 2.24) is 5.01 Å². The highest BCUT2D eigenvalue weighted by molar-refractivity contribution is 7.21. The van der Waals surface area contributed by atoms with Gasteiger partial charge < -0.3 is 9.47 Å². The molecule has 26 heavy (non-hydrogen) atoms. The lowest BCUT2D eigenvalue weighted by atomic mass is 10.2. The van der Waals surface area contributed by atoms with E-state index in [1.54, 1.807) is 29.7 Å². The largest absolute Gasteiger partial charge is 0.421 e. The maximum absolute atomic E-state index is 12.5. The molecule has 1 aliphatic heterocycles. The molecule has 4 rings (SSSR count). The van der Waals surface area contributed by atoms with Crippen molar-refractivity contribution in [2.24, 2.45) is 5.10 Å². The van der Waals surface area contributed by atoms with Crippen LogP contribution < -0.4 is 4.74 Å². The molecule has 0 N–H and O–H groups in total. The molecule has 0 unspecified atom stereocenters. The first-order chi connectivity index (χ1) is 12.8. The van der Waals surface area contributed by atoms with Crippen LogP contribution in [0.1, 0.15) is 15.2 Å². The second-order valence-corrected chi connectivity index (χ2v) is 6.94. The molecule has 6 heteroatoms. The summed E-state index contributed by atoms with van der Waals surface area (Å²) in [6.07, 6.45) is 1.78. The summed E-state index contributed by atoms with van der Waals surface area (Å²) in [5.41, 5.74) is 0.527. The molecule has 0 radical (unpaired) electrons. The fraction of sp³-hybridized carbons (Fsp3) is 0.200. The third-order valence-corrected chi connectivity index (χ3v) is 5.19. The Hall–Kier alpha value is -2.70. The van der Waals surface area contributed by atoms with Crippen LogP contribution >= 0.6 is 11.3 Å². The van der Waals surface area contributed by atoms with Crippen LogP contribution in [-0.2, 0) is 4.74 Å². The van der Waals surface area contributed by atoms with E-state index in [1.807, 2.05) is 47.5 Å². The maximum Gasteiger partial charge on any atom is 0.343 e. The van der Waals surface area contributed by atoms with E-state index in [2.05, 4.69) is 5.10 Å². The normalized spacial score (nSPS) is 14.8. The van der Waals surface area contributed by atoms with Crippen molar-refractivity contribution in [3.8, 4) is 5.75 Å². The van der Waals surface area contributed by atoms with Crippen molar-refractivity contribution in [1.29, 1.82) is 0 Å². The smallest absolute Gasteiger partial charge is 0.343 e. The Kier molecular flexibility index (Phi) is 4.95. The van der Waals surface area contributed by atoms with E-state index >= 15 is 0 Å². The van der Waals surface area contributed by atoms with E-state index in [0.29, 0.717) is 24.5 Å². The average Bonchev–Trinajstić information content (AvgIpc) is 3.05. The zero-order valence-electron chi connectivity index (χ0n) is 14.1. The predicted octanol–water partition coefficient (Wildman–Crippen LogP) is 3.79. The van der Waals surface area contributed by atoms with Crippen molar-refractivity contribution in [2.75, 3.05) is 26.3 Å². The Morgan fingerprint density at radius 3 is 2.62 bits per heavy atom. The zero-order chi connectivity index (χ0) is 17.8. The summed E-state index contributed by atoms with van der Waals surface area (Å²) in [6, 6.07) is 16.9. The molecule has 1 aliphatic rings. The number of benzene rings is 2. The van der Waals surface area contributed by atoms with Gasteiger partial charge in [0.25, 0.3) is 0 Å². The molecule has 5 nitrogen and oxygen atoms in total. The van der Waals surface area contributed by atoms with Crippen LogP contribution in [-0.4, -0.2) is 43.5 Å². The molecular weight excluding hydrogens is 348 g/mol. The Morgan fingerprint density at radius 2 is 1.81 bits per heavy atom. The second-order valence-electron chi connectivity index (χ2n) is 5.86. The number of carbonyl (C=O) groups excluding carboxylic acids is 1. The van der Waals surface area contributed by atoms with Crippen LogP contribution in [0.3, 0.4) is 0 Å². The van der Waals surface area contributed by atoms with Crippen LogP contribution in [0, 0.1) is 0 Å². The van der Waals surface area contributed by atoms with Crippen LogP contribution in [0.2, 0.25) is 0 Å². The van der Waals surface area contributed by atoms with Gasteiger partial charge in [0.05, 0.1) is 43.0 Å². The molecule has 0 atom stereocenters. The first kappa shape index (κ1) is 16.8. The van der Waals surface area contributed by atoms with Gasteiger partial charge in [0.2, 0.25) is 0 Å². The molecular formula is C20H18N2O3S. The van der Waals surface area contributed by atoms with Gasteiger partial charge in [-0.15, -0.1) is 11.3 Å². The summed E-state index contributed by atoms with van der Waals surface area (Å²) < 4.78 is 12.2. The van der Waals surface area contributed by atoms with Crippen LogP contribution in [0.15, 0.2) is 59.7 Å². The van der Waals surface area contributed by atoms with Gasteiger partial charge in [-0.05, 0) is 24.3 Å². The van der Waals surface area contributed by atoms with Crippen molar-refractivity contribution in [2.45, 2.75) is 0 Å². The van der Waals surface area contributed by atoms with E-state index in [1.165, 1.54) is 0 Å². The van der Waals surface area contributed by atoms with E-state index in [-0.39, 0.29) is 5.97 Å². The number of hydrazone groups is 1. The number of fused-ring (bicyclic) bond motifs is 1. The fourth-order valence-corrected chi connectivity index (χ4v) is 3.76. The highest BCUT2D eigenvalue weighted by Gasteiger charge is 2.17. The summed E-state index contributed by atoms with van der Waals surface area (Å²) in [5.74, 6) is 0.201. The van der Waals surface area contributed by atoms with Crippen LogP contribution in [0.4, 0.5) is 0 Å². The van der Waals surface area contributed by atoms with Gasteiger partial charge in [0.1, 0.15) is 0 Å². The number of thiophene rings is 1.